The summed E-state index contributed by atoms with van der Waals surface area (Å²) in [5.74, 6) is 0.770. The predicted octanol–water partition coefficient (Wildman–Crippen LogP) is 2.87. The zero-order chi connectivity index (χ0) is 15.1. The van der Waals surface area contributed by atoms with Gasteiger partial charge >= 0.3 is 0 Å². The van der Waals surface area contributed by atoms with E-state index < -0.39 is 0 Å². The van der Waals surface area contributed by atoms with E-state index in [-0.39, 0.29) is 18.0 Å². The van der Waals surface area contributed by atoms with Crippen molar-refractivity contribution in [2.45, 2.75) is 57.5 Å². The number of rotatable bonds is 6. The Kier molecular flexibility index (Phi) is 6.05. The molecule has 0 bridgehead atoms. The number of carbonyl (C=O) groups excluding carboxylic acids is 1. The van der Waals surface area contributed by atoms with Crippen molar-refractivity contribution in [3.8, 4) is 5.75 Å². The number of hydrogen-bond donors (Lipinski definition) is 2. The van der Waals surface area contributed by atoms with Crippen LogP contribution in [0.15, 0.2) is 24.3 Å². The SMILES string of the molecule is CCCCOc1ccc(C(=O)N[C@@H]2CCCC[C@H]2N)cc1. The Morgan fingerprint density at radius 2 is 2.00 bits per heavy atom. The van der Waals surface area contributed by atoms with Gasteiger partial charge in [-0.3, -0.25) is 4.79 Å². The lowest BCUT2D eigenvalue weighted by Crippen LogP contribution is -2.49. The molecule has 0 heterocycles. The largest absolute Gasteiger partial charge is 0.494 e. The number of unbranched alkanes of at least 4 members (excludes halogenated alkanes) is 1. The monoisotopic (exact) mass is 290 g/mol. The second-order valence-electron chi connectivity index (χ2n) is 5.75. The maximum Gasteiger partial charge on any atom is 0.251 e. The molecule has 1 aromatic carbocycles. The van der Waals surface area contributed by atoms with Crippen LogP contribution in [0.3, 0.4) is 0 Å². The van der Waals surface area contributed by atoms with Gasteiger partial charge < -0.3 is 15.8 Å². The van der Waals surface area contributed by atoms with E-state index in [1.54, 1.807) is 0 Å². The zero-order valence-corrected chi connectivity index (χ0v) is 12.8. The number of carbonyl (C=O) groups is 1. The van der Waals surface area contributed by atoms with Crippen molar-refractivity contribution in [2.24, 2.45) is 5.73 Å². The maximum atomic E-state index is 12.2. The summed E-state index contributed by atoms with van der Waals surface area (Å²) in [6.45, 7) is 2.85. The molecule has 0 saturated heterocycles. The second kappa shape index (κ2) is 8.03. The molecule has 4 heteroatoms. The highest BCUT2D eigenvalue weighted by molar-refractivity contribution is 5.94. The summed E-state index contributed by atoms with van der Waals surface area (Å²) in [4.78, 5) is 12.2. The van der Waals surface area contributed by atoms with Gasteiger partial charge in [-0.1, -0.05) is 26.2 Å². The molecule has 1 fully saturated rings. The van der Waals surface area contributed by atoms with Crippen LogP contribution in [0.25, 0.3) is 0 Å². The van der Waals surface area contributed by atoms with Crippen molar-refractivity contribution < 1.29 is 9.53 Å². The zero-order valence-electron chi connectivity index (χ0n) is 12.8. The molecule has 0 aliphatic heterocycles. The fraction of sp³-hybridized carbons (Fsp3) is 0.588. The van der Waals surface area contributed by atoms with E-state index in [1.807, 2.05) is 24.3 Å². The fourth-order valence-electron chi connectivity index (χ4n) is 2.63. The molecule has 4 nitrogen and oxygen atoms in total. The van der Waals surface area contributed by atoms with Gasteiger partial charge in [0.2, 0.25) is 0 Å². The molecule has 1 amide bonds. The highest BCUT2D eigenvalue weighted by atomic mass is 16.5. The molecular formula is C17H26N2O2. The number of benzene rings is 1. The minimum Gasteiger partial charge on any atom is -0.494 e. The number of nitrogens with two attached hydrogens (primary N) is 1. The Morgan fingerprint density at radius 3 is 2.67 bits per heavy atom. The summed E-state index contributed by atoms with van der Waals surface area (Å²) < 4.78 is 5.60. The molecular weight excluding hydrogens is 264 g/mol. The van der Waals surface area contributed by atoms with Crippen LogP contribution in [0.5, 0.6) is 5.75 Å². The molecule has 0 aromatic heterocycles. The molecule has 0 unspecified atom stereocenters. The van der Waals surface area contributed by atoms with Crippen molar-refractivity contribution >= 4 is 5.91 Å². The van der Waals surface area contributed by atoms with Gasteiger partial charge in [0.15, 0.2) is 0 Å². The summed E-state index contributed by atoms with van der Waals surface area (Å²) in [7, 11) is 0. The molecule has 2 atom stereocenters. The highest BCUT2D eigenvalue weighted by Crippen LogP contribution is 2.18. The van der Waals surface area contributed by atoms with Gasteiger partial charge in [-0.15, -0.1) is 0 Å². The third-order valence-electron chi connectivity index (χ3n) is 4.02. The third kappa shape index (κ3) is 4.74. The Labute approximate surface area is 127 Å². The molecule has 2 rings (SSSR count). The molecule has 1 saturated carbocycles. The van der Waals surface area contributed by atoms with Gasteiger partial charge in [0.1, 0.15) is 5.75 Å². The molecule has 3 N–H and O–H groups in total. The quantitative estimate of drug-likeness (QED) is 0.792. The number of hydrogen-bond acceptors (Lipinski definition) is 3. The maximum absolute atomic E-state index is 12.2. The molecule has 21 heavy (non-hydrogen) atoms. The van der Waals surface area contributed by atoms with Crippen molar-refractivity contribution in [2.75, 3.05) is 6.61 Å². The Morgan fingerprint density at radius 1 is 1.29 bits per heavy atom. The van der Waals surface area contributed by atoms with Gasteiger partial charge in [0.25, 0.3) is 5.91 Å². The average Bonchev–Trinajstić information content (AvgIpc) is 2.50. The lowest BCUT2D eigenvalue weighted by Gasteiger charge is -2.29. The molecule has 1 aliphatic rings. The lowest BCUT2D eigenvalue weighted by molar-refractivity contribution is 0.0921. The number of ether oxygens (including phenoxy) is 1. The first-order chi connectivity index (χ1) is 10.2. The van der Waals surface area contributed by atoms with E-state index in [1.165, 1.54) is 0 Å². The Hall–Kier alpha value is -1.55. The normalized spacial score (nSPS) is 21.8. The van der Waals surface area contributed by atoms with Crippen LogP contribution in [-0.2, 0) is 0 Å². The van der Waals surface area contributed by atoms with E-state index in [4.69, 9.17) is 10.5 Å². The van der Waals surface area contributed by atoms with Crippen molar-refractivity contribution in [3.05, 3.63) is 29.8 Å². The summed E-state index contributed by atoms with van der Waals surface area (Å²) in [6.07, 6.45) is 6.43. The second-order valence-corrected chi connectivity index (χ2v) is 5.75. The van der Waals surface area contributed by atoms with Crippen molar-refractivity contribution in [1.29, 1.82) is 0 Å². The predicted molar refractivity (Wildman–Crippen MR) is 84.5 cm³/mol. The topological polar surface area (TPSA) is 64.3 Å². The number of nitrogens with one attached hydrogen (secondary N) is 1. The Balaban J connectivity index is 1.87. The van der Waals surface area contributed by atoms with Crippen LogP contribution in [-0.4, -0.2) is 24.6 Å². The standard InChI is InChI=1S/C17H26N2O2/c1-2-3-12-21-14-10-8-13(9-11-14)17(20)19-16-7-5-4-6-15(16)18/h8-11,15-16H,2-7,12,18H2,1H3,(H,19,20)/t15-,16-/m1/s1. The van der Waals surface area contributed by atoms with E-state index in [2.05, 4.69) is 12.2 Å². The van der Waals surface area contributed by atoms with E-state index >= 15 is 0 Å². The minimum absolute atomic E-state index is 0.0440. The van der Waals surface area contributed by atoms with Gasteiger partial charge in [0.05, 0.1) is 6.61 Å². The van der Waals surface area contributed by atoms with E-state index in [0.29, 0.717) is 5.56 Å². The van der Waals surface area contributed by atoms with E-state index in [0.717, 1.165) is 50.9 Å². The van der Waals surface area contributed by atoms with Crippen LogP contribution >= 0.6 is 0 Å². The van der Waals surface area contributed by atoms with Crippen molar-refractivity contribution in [3.63, 3.8) is 0 Å². The highest BCUT2D eigenvalue weighted by Gasteiger charge is 2.23. The summed E-state index contributed by atoms with van der Waals surface area (Å²) in [5, 5.41) is 3.05. The number of amides is 1. The lowest BCUT2D eigenvalue weighted by atomic mass is 9.91. The van der Waals surface area contributed by atoms with Crippen LogP contribution in [0.2, 0.25) is 0 Å². The van der Waals surface area contributed by atoms with Crippen LogP contribution in [0.1, 0.15) is 55.8 Å². The smallest absolute Gasteiger partial charge is 0.251 e. The van der Waals surface area contributed by atoms with Gasteiger partial charge in [0, 0.05) is 17.6 Å². The fourth-order valence-corrected chi connectivity index (χ4v) is 2.63. The summed E-state index contributed by atoms with van der Waals surface area (Å²) in [6, 6.07) is 7.51. The summed E-state index contributed by atoms with van der Waals surface area (Å²) >= 11 is 0. The first-order valence-corrected chi connectivity index (χ1v) is 8.00. The van der Waals surface area contributed by atoms with Crippen LogP contribution in [0.4, 0.5) is 0 Å². The van der Waals surface area contributed by atoms with Gasteiger partial charge in [-0.05, 0) is 43.5 Å². The van der Waals surface area contributed by atoms with Gasteiger partial charge in [-0.25, -0.2) is 0 Å². The molecule has 1 aliphatic carbocycles. The minimum atomic E-state index is -0.0440. The molecule has 0 spiro atoms. The van der Waals surface area contributed by atoms with Crippen LogP contribution < -0.4 is 15.8 Å². The molecule has 1 aromatic rings. The first kappa shape index (κ1) is 15.8. The molecule has 0 radical (unpaired) electrons. The van der Waals surface area contributed by atoms with Crippen LogP contribution in [0, 0.1) is 0 Å². The average molecular weight is 290 g/mol. The Bertz CT molecular complexity index is 445. The molecule has 116 valence electrons. The summed E-state index contributed by atoms with van der Waals surface area (Å²) in [5.41, 5.74) is 6.73. The first-order valence-electron chi connectivity index (χ1n) is 8.00. The van der Waals surface area contributed by atoms with Gasteiger partial charge in [-0.2, -0.15) is 0 Å². The van der Waals surface area contributed by atoms with Crippen molar-refractivity contribution in [1.82, 2.24) is 5.32 Å². The van der Waals surface area contributed by atoms with E-state index in [9.17, 15) is 4.79 Å². The third-order valence-corrected chi connectivity index (χ3v) is 4.02.